The molecule has 1 aliphatic rings. The summed E-state index contributed by atoms with van der Waals surface area (Å²) in [5.74, 6) is -1.31. The van der Waals surface area contributed by atoms with Crippen LogP contribution in [0.25, 0.3) is 11.3 Å². The molecular weight excluding hydrogens is 478 g/mol. The fraction of sp³-hybridized carbons (Fsp3) is 0.0800. The van der Waals surface area contributed by atoms with E-state index < -0.39 is 11.7 Å². The molecule has 0 saturated heterocycles. The summed E-state index contributed by atoms with van der Waals surface area (Å²) in [6.07, 6.45) is 2.41. The molecule has 2 heterocycles. The van der Waals surface area contributed by atoms with Crippen molar-refractivity contribution in [2.75, 3.05) is 16.8 Å². The van der Waals surface area contributed by atoms with Crippen LogP contribution in [0.1, 0.15) is 26.3 Å². The van der Waals surface area contributed by atoms with Crippen LogP contribution in [0.5, 0.6) is 0 Å². The van der Waals surface area contributed by atoms with Gasteiger partial charge in [-0.25, -0.2) is 4.39 Å². The lowest BCUT2D eigenvalue weighted by Gasteiger charge is -2.23. The molecule has 2 N–H and O–H groups in total. The predicted molar refractivity (Wildman–Crippen MR) is 130 cm³/mol. The van der Waals surface area contributed by atoms with Gasteiger partial charge in [0.1, 0.15) is 5.82 Å². The molecule has 0 atom stereocenters. The lowest BCUT2D eigenvalue weighted by atomic mass is 10.1. The molecule has 3 aromatic carbocycles. The van der Waals surface area contributed by atoms with Crippen LogP contribution in [0.15, 0.2) is 66.9 Å². The monoisotopic (exact) mass is 494 g/mol. The van der Waals surface area contributed by atoms with Gasteiger partial charge in [-0.15, -0.1) is 0 Å². The number of para-hydroxylation sites is 1. The van der Waals surface area contributed by atoms with Gasteiger partial charge in [0, 0.05) is 17.8 Å². The van der Waals surface area contributed by atoms with Gasteiger partial charge < -0.3 is 10.2 Å². The lowest BCUT2D eigenvalue weighted by molar-refractivity contribution is 0.0986. The zero-order chi connectivity index (χ0) is 23.8. The van der Waals surface area contributed by atoms with E-state index in [1.165, 1.54) is 12.1 Å². The molecule has 170 valence electrons. The van der Waals surface area contributed by atoms with Crippen molar-refractivity contribution in [3.05, 3.63) is 99.4 Å². The number of fused-ring (bicyclic) bond motifs is 3. The van der Waals surface area contributed by atoms with Gasteiger partial charge in [-0.3, -0.25) is 14.7 Å². The average Bonchev–Trinajstić information content (AvgIpc) is 3.22. The number of hydrogen-bond acceptors (Lipinski definition) is 3. The molecule has 0 spiro atoms. The number of aromatic amines is 1. The Labute approximate surface area is 204 Å². The molecule has 0 saturated carbocycles. The number of anilines is 2. The lowest BCUT2D eigenvalue weighted by Crippen LogP contribution is -2.32. The van der Waals surface area contributed by atoms with Crippen molar-refractivity contribution in [2.45, 2.75) is 6.42 Å². The van der Waals surface area contributed by atoms with E-state index >= 15 is 0 Å². The summed E-state index contributed by atoms with van der Waals surface area (Å²) < 4.78 is 13.3. The predicted octanol–water partition coefficient (Wildman–Crippen LogP) is 5.98. The number of benzene rings is 3. The van der Waals surface area contributed by atoms with Crippen LogP contribution >= 0.6 is 23.2 Å². The quantitative estimate of drug-likeness (QED) is 0.367. The zero-order valence-corrected chi connectivity index (χ0v) is 19.1. The second-order valence-electron chi connectivity index (χ2n) is 7.77. The van der Waals surface area contributed by atoms with Crippen molar-refractivity contribution in [2.24, 2.45) is 0 Å². The first-order chi connectivity index (χ1) is 16.4. The number of halogens is 3. The number of carbonyl (C=O) groups is 2. The van der Waals surface area contributed by atoms with Crippen LogP contribution in [0.2, 0.25) is 10.0 Å². The van der Waals surface area contributed by atoms with Crippen molar-refractivity contribution >= 4 is 46.4 Å². The average molecular weight is 495 g/mol. The van der Waals surface area contributed by atoms with E-state index in [1.807, 2.05) is 24.3 Å². The van der Waals surface area contributed by atoms with E-state index in [4.69, 9.17) is 23.2 Å². The summed E-state index contributed by atoms with van der Waals surface area (Å²) in [7, 11) is 0. The summed E-state index contributed by atoms with van der Waals surface area (Å²) in [6.45, 7) is 0.459. The van der Waals surface area contributed by atoms with E-state index in [0.29, 0.717) is 24.2 Å². The maximum Gasteiger partial charge on any atom is 0.259 e. The van der Waals surface area contributed by atoms with Crippen LogP contribution in [0.3, 0.4) is 0 Å². The summed E-state index contributed by atoms with van der Waals surface area (Å²) in [6, 6.07) is 15.8. The molecule has 0 aliphatic carbocycles. The first-order valence-corrected chi connectivity index (χ1v) is 11.2. The molecule has 0 fully saturated rings. The van der Waals surface area contributed by atoms with E-state index in [9.17, 15) is 14.0 Å². The fourth-order valence-corrected chi connectivity index (χ4v) is 4.52. The van der Waals surface area contributed by atoms with Crippen molar-refractivity contribution < 1.29 is 14.0 Å². The van der Waals surface area contributed by atoms with Crippen molar-refractivity contribution in [3.8, 4) is 11.3 Å². The van der Waals surface area contributed by atoms with Crippen LogP contribution in [-0.2, 0) is 6.42 Å². The third kappa shape index (κ3) is 4.04. The fourth-order valence-electron chi connectivity index (χ4n) is 4.00. The molecule has 0 bridgehead atoms. The highest BCUT2D eigenvalue weighted by atomic mass is 35.5. The Bertz CT molecular complexity index is 1440. The summed E-state index contributed by atoms with van der Waals surface area (Å²) in [5.41, 5.74) is 4.38. The number of carbonyl (C=O) groups excluding carboxylic acids is 2. The second kappa shape index (κ2) is 8.93. The summed E-state index contributed by atoms with van der Waals surface area (Å²) in [5, 5.41) is 10.0. The Morgan fingerprint density at radius 2 is 1.76 bits per heavy atom. The topological polar surface area (TPSA) is 78.1 Å². The molecule has 6 nitrogen and oxygen atoms in total. The van der Waals surface area contributed by atoms with Crippen molar-refractivity contribution in [1.29, 1.82) is 0 Å². The van der Waals surface area contributed by atoms with Crippen molar-refractivity contribution in [1.82, 2.24) is 10.2 Å². The van der Waals surface area contributed by atoms with Crippen LogP contribution in [0, 0.1) is 5.82 Å². The Kier molecular flexibility index (Phi) is 5.81. The van der Waals surface area contributed by atoms with Gasteiger partial charge in [-0.1, -0.05) is 41.4 Å². The van der Waals surface area contributed by atoms with Gasteiger partial charge in [-0.2, -0.15) is 5.10 Å². The molecule has 0 radical (unpaired) electrons. The molecule has 0 unspecified atom stereocenters. The van der Waals surface area contributed by atoms with Gasteiger partial charge in [0.05, 0.1) is 38.8 Å². The van der Waals surface area contributed by atoms with Crippen LogP contribution < -0.4 is 10.2 Å². The van der Waals surface area contributed by atoms with E-state index in [0.717, 1.165) is 34.6 Å². The normalized spacial score (nSPS) is 12.5. The van der Waals surface area contributed by atoms with Crippen LogP contribution in [-0.4, -0.2) is 28.6 Å². The van der Waals surface area contributed by atoms with Gasteiger partial charge in [-0.05, 0) is 54.4 Å². The van der Waals surface area contributed by atoms with E-state index in [2.05, 4.69) is 15.5 Å². The number of rotatable bonds is 3. The highest BCUT2D eigenvalue weighted by Crippen LogP contribution is 2.36. The number of nitrogens with one attached hydrogen (secondary N) is 2. The van der Waals surface area contributed by atoms with Gasteiger partial charge in [0.2, 0.25) is 0 Å². The molecule has 1 aromatic heterocycles. The first kappa shape index (κ1) is 22.1. The minimum Gasteiger partial charge on any atom is -0.322 e. The maximum atomic E-state index is 13.5. The van der Waals surface area contributed by atoms with Crippen molar-refractivity contribution in [3.63, 3.8) is 0 Å². The first-order valence-electron chi connectivity index (χ1n) is 10.4. The minimum atomic E-state index is -0.536. The molecule has 34 heavy (non-hydrogen) atoms. The Balaban J connectivity index is 1.41. The van der Waals surface area contributed by atoms with Gasteiger partial charge in [0.15, 0.2) is 0 Å². The highest BCUT2D eigenvalue weighted by molar-refractivity contribution is 6.35. The van der Waals surface area contributed by atoms with Crippen LogP contribution in [0.4, 0.5) is 15.8 Å². The number of hydrogen-bond donors (Lipinski definition) is 2. The van der Waals surface area contributed by atoms with Gasteiger partial charge >= 0.3 is 0 Å². The Hall–Kier alpha value is -3.68. The molecule has 2 amide bonds. The highest BCUT2D eigenvalue weighted by Gasteiger charge is 2.27. The summed E-state index contributed by atoms with van der Waals surface area (Å²) in [4.78, 5) is 27.7. The third-order valence-electron chi connectivity index (χ3n) is 5.67. The van der Waals surface area contributed by atoms with Gasteiger partial charge in [0.25, 0.3) is 11.8 Å². The third-order valence-corrected chi connectivity index (χ3v) is 6.29. The molecule has 1 aliphatic heterocycles. The minimum absolute atomic E-state index is 0.00438. The number of nitrogens with zero attached hydrogens (tertiary/aromatic N) is 2. The Morgan fingerprint density at radius 1 is 1.00 bits per heavy atom. The standard InChI is InChI=1S/C25H17Cl2FN4O2/c26-20-11-15(28)5-7-17(20)24(33)30-16-6-8-18(21(27)12-16)25(34)32-10-9-14-13-29-31-23(14)19-3-1-2-4-22(19)32/h1-8,11-13H,9-10H2,(H,29,31)(H,30,33). The molecule has 4 aromatic rings. The molecular formula is C25H17Cl2FN4O2. The maximum absolute atomic E-state index is 13.5. The Morgan fingerprint density at radius 3 is 2.56 bits per heavy atom. The number of H-pyrrole nitrogens is 1. The van der Waals surface area contributed by atoms with E-state index in [-0.39, 0.29) is 21.5 Å². The SMILES string of the molecule is O=C(Nc1ccc(C(=O)N2CCc3cn[nH]c3-c3ccccc32)c(Cl)c1)c1ccc(F)cc1Cl. The summed E-state index contributed by atoms with van der Waals surface area (Å²) >= 11 is 12.4. The number of amides is 2. The zero-order valence-electron chi connectivity index (χ0n) is 17.6. The van der Waals surface area contributed by atoms with E-state index in [1.54, 1.807) is 23.2 Å². The molecule has 5 rings (SSSR count). The smallest absolute Gasteiger partial charge is 0.259 e. The largest absolute Gasteiger partial charge is 0.322 e. The molecule has 9 heteroatoms. The second-order valence-corrected chi connectivity index (χ2v) is 8.58. The number of aromatic nitrogens is 2.